The summed E-state index contributed by atoms with van der Waals surface area (Å²) in [5, 5.41) is 3.32. The summed E-state index contributed by atoms with van der Waals surface area (Å²) in [5.41, 5.74) is 0. The Bertz CT molecular complexity index is 370. The van der Waals surface area contributed by atoms with Crippen molar-refractivity contribution in [2.24, 2.45) is 0 Å². The van der Waals surface area contributed by atoms with Gasteiger partial charge in [-0.15, -0.1) is 0 Å². The van der Waals surface area contributed by atoms with E-state index in [1.807, 2.05) is 6.92 Å². The van der Waals surface area contributed by atoms with E-state index in [9.17, 15) is 8.60 Å². The van der Waals surface area contributed by atoms with E-state index in [0.717, 1.165) is 19.4 Å². The van der Waals surface area contributed by atoms with Crippen LogP contribution in [0.15, 0.2) is 29.2 Å². The van der Waals surface area contributed by atoms with Gasteiger partial charge < -0.3 is 5.32 Å². The second-order valence-corrected chi connectivity index (χ2v) is 5.47. The topological polar surface area (TPSA) is 29.1 Å². The van der Waals surface area contributed by atoms with Crippen molar-refractivity contribution in [3.8, 4) is 0 Å². The predicted octanol–water partition coefficient (Wildman–Crippen LogP) is 2.71. The summed E-state index contributed by atoms with van der Waals surface area (Å²) in [5.74, 6) is 0.0911. The Morgan fingerprint density at radius 3 is 2.65 bits per heavy atom. The van der Waals surface area contributed by atoms with Crippen molar-refractivity contribution in [2.75, 3.05) is 12.3 Å². The molecule has 17 heavy (non-hydrogen) atoms. The molecule has 0 aliphatic rings. The molecule has 0 amide bonds. The minimum absolute atomic E-state index is 0.190. The molecule has 1 rings (SSSR count). The molecule has 0 aromatic heterocycles. The highest BCUT2D eigenvalue weighted by Crippen LogP contribution is 2.13. The van der Waals surface area contributed by atoms with Crippen molar-refractivity contribution in [1.29, 1.82) is 0 Å². The maximum Gasteiger partial charge on any atom is 0.139 e. The summed E-state index contributed by atoms with van der Waals surface area (Å²) in [7, 11) is -1.27. The third-order valence-corrected chi connectivity index (χ3v) is 4.14. The molecule has 1 aromatic rings. The Morgan fingerprint density at radius 1 is 1.35 bits per heavy atom. The summed E-state index contributed by atoms with van der Waals surface area (Å²) >= 11 is 0. The molecule has 2 unspecified atom stereocenters. The Kier molecular flexibility index (Phi) is 6.37. The fourth-order valence-electron chi connectivity index (χ4n) is 1.57. The minimum atomic E-state index is -1.27. The van der Waals surface area contributed by atoms with Gasteiger partial charge in [-0.05, 0) is 31.5 Å². The van der Waals surface area contributed by atoms with Gasteiger partial charge in [-0.2, -0.15) is 0 Å². The number of hydrogen-bond acceptors (Lipinski definition) is 2. The van der Waals surface area contributed by atoms with E-state index in [1.54, 1.807) is 18.2 Å². The van der Waals surface area contributed by atoms with Crippen molar-refractivity contribution < 1.29 is 8.60 Å². The quantitative estimate of drug-likeness (QED) is 0.813. The van der Waals surface area contributed by atoms with Crippen LogP contribution >= 0.6 is 0 Å². The van der Waals surface area contributed by atoms with Crippen LogP contribution in [0.2, 0.25) is 0 Å². The van der Waals surface area contributed by atoms with Crippen molar-refractivity contribution in [2.45, 2.75) is 37.6 Å². The van der Waals surface area contributed by atoms with Crippen LogP contribution in [0.3, 0.4) is 0 Å². The molecule has 0 radical (unpaired) electrons. The van der Waals surface area contributed by atoms with E-state index >= 15 is 0 Å². The zero-order valence-electron chi connectivity index (χ0n) is 10.4. The van der Waals surface area contributed by atoms with Gasteiger partial charge in [-0.1, -0.05) is 26.0 Å². The Morgan fingerprint density at radius 2 is 2.06 bits per heavy atom. The molecule has 96 valence electrons. The first kappa shape index (κ1) is 14.3. The molecule has 0 heterocycles. The van der Waals surface area contributed by atoms with Crippen molar-refractivity contribution in [3.63, 3.8) is 0 Å². The maximum atomic E-state index is 13.4. The first-order valence-electron chi connectivity index (χ1n) is 6.05. The molecule has 0 fully saturated rings. The van der Waals surface area contributed by atoms with Crippen LogP contribution in [0.1, 0.15) is 26.7 Å². The maximum absolute atomic E-state index is 13.4. The smallest absolute Gasteiger partial charge is 0.139 e. The van der Waals surface area contributed by atoms with Crippen LogP contribution in [-0.2, 0) is 10.8 Å². The Labute approximate surface area is 105 Å². The second-order valence-electron chi connectivity index (χ2n) is 4.00. The van der Waals surface area contributed by atoms with Gasteiger partial charge in [0, 0.05) is 11.8 Å². The van der Waals surface area contributed by atoms with E-state index < -0.39 is 10.8 Å². The summed E-state index contributed by atoms with van der Waals surface area (Å²) < 4.78 is 25.5. The van der Waals surface area contributed by atoms with Gasteiger partial charge >= 0.3 is 0 Å². The Hall–Kier alpha value is -0.740. The monoisotopic (exact) mass is 257 g/mol. The summed E-state index contributed by atoms with van der Waals surface area (Å²) in [6.45, 7) is 5.05. The number of halogens is 1. The summed E-state index contributed by atoms with van der Waals surface area (Å²) in [6, 6.07) is 6.47. The lowest BCUT2D eigenvalue weighted by atomic mass is 10.2. The average molecular weight is 257 g/mol. The van der Waals surface area contributed by atoms with Crippen molar-refractivity contribution in [3.05, 3.63) is 30.1 Å². The fourth-order valence-corrected chi connectivity index (χ4v) is 2.99. The Balaban J connectivity index is 2.61. The van der Waals surface area contributed by atoms with Crippen LogP contribution in [0, 0.1) is 5.82 Å². The number of hydrogen-bond donors (Lipinski definition) is 1. The number of rotatable bonds is 7. The lowest BCUT2D eigenvalue weighted by Crippen LogP contribution is -2.34. The van der Waals surface area contributed by atoms with Gasteiger partial charge in [0.15, 0.2) is 0 Å². The van der Waals surface area contributed by atoms with Crippen LogP contribution in [-0.4, -0.2) is 22.5 Å². The zero-order valence-corrected chi connectivity index (χ0v) is 11.2. The normalized spacial score (nSPS) is 14.5. The molecule has 0 aliphatic carbocycles. The summed E-state index contributed by atoms with van der Waals surface area (Å²) in [4.78, 5) is 0.309. The van der Waals surface area contributed by atoms with Gasteiger partial charge in [0.05, 0.1) is 15.7 Å². The first-order valence-corrected chi connectivity index (χ1v) is 7.37. The molecule has 0 saturated heterocycles. The highest BCUT2D eigenvalue weighted by Gasteiger charge is 2.14. The van der Waals surface area contributed by atoms with Gasteiger partial charge in [0.2, 0.25) is 0 Å². The highest BCUT2D eigenvalue weighted by molar-refractivity contribution is 7.85. The molecular formula is C13H20FNOS. The SMILES string of the molecule is CCCNC(CC)CS(=O)c1ccccc1F. The third-order valence-electron chi connectivity index (χ3n) is 2.61. The number of benzene rings is 1. The molecular weight excluding hydrogens is 237 g/mol. The molecule has 2 nitrogen and oxygen atoms in total. The van der Waals surface area contributed by atoms with E-state index in [2.05, 4.69) is 12.2 Å². The second kappa shape index (κ2) is 7.56. The van der Waals surface area contributed by atoms with Crippen LogP contribution < -0.4 is 5.32 Å². The van der Waals surface area contributed by atoms with Crippen molar-refractivity contribution >= 4 is 10.8 Å². The third kappa shape index (κ3) is 4.56. The molecule has 4 heteroatoms. The fraction of sp³-hybridized carbons (Fsp3) is 0.538. The van der Waals surface area contributed by atoms with E-state index in [0.29, 0.717) is 10.6 Å². The largest absolute Gasteiger partial charge is 0.313 e. The number of nitrogens with one attached hydrogen (secondary N) is 1. The van der Waals surface area contributed by atoms with Crippen molar-refractivity contribution in [1.82, 2.24) is 5.32 Å². The average Bonchev–Trinajstić information content (AvgIpc) is 2.34. The van der Waals surface area contributed by atoms with E-state index in [-0.39, 0.29) is 11.9 Å². The molecule has 1 aromatic carbocycles. The zero-order chi connectivity index (χ0) is 12.7. The molecule has 0 spiro atoms. The summed E-state index contributed by atoms with van der Waals surface area (Å²) in [6.07, 6.45) is 1.95. The van der Waals surface area contributed by atoms with Crippen LogP contribution in [0.25, 0.3) is 0 Å². The molecule has 0 bridgehead atoms. The standard InChI is InChI=1S/C13H20FNOS/c1-3-9-15-11(4-2)10-17(16)13-8-6-5-7-12(13)14/h5-8,11,15H,3-4,9-10H2,1-2H3. The molecule has 1 N–H and O–H groups in total. The van der Waals surface area contributed by atoms with Gasteiger partial charge in [-0.3, -0.25) is 4.21 Å². The van der Waals surface area contributed by atoms with Gasteiger partial charge in [0.1, 0.15) is 5.82 Å². The highest BCUT2D eigenvalue weighted by atomic mass is 32.2. The van der Waals surface area contributed by atoms with Gasteiger partial charge in [0.25, 0.3) is 0 Å². The van der Waals surface area contributed by atoms with Crippen LogP contribution in [0.4, 0.5) is 4.39 Å². The van der Waals surface area contributed by atoms with E-state index in [1.165, 1.54) is 6.07 Å². The van der Waals surface area contributed by atoms with Gasteiger partial charge in [-0.25, -0.2) is 4.39 Å². The molecule has 0 saturated carbocycles. The first-order chi connectivity index (χ1) is 8.19. The molecule has 0 aliphatic heterocycles. The van der Waals surface area contributed by atoms with Crippen LogP contribution in [0.5, 0.6) is 0 Å². The molecule has 2 atom stereocenters. The lowest BCUT2D eigenvalue weighted by Gasteiger charge is -2.16. The minimum Gasteiger partial charge on any atom is -0.313 e. The predicted molar refractivity (Wildman–Crippen MR) is 70.0 cm³/mol. The lowest BCUT2D eigenvalue weighted by molar-refractivity contribution is 0.532. The van der Waals surface area contributed by atoms with E-state index in [4.69, 9.17) is 0 Å².